The smallest absolute Gasteiger partial charge is 0.0505 e. The predicted molar refractivity (Wildman–Crippen MR) is 49.9 cm³/mol. The number of nitrogens with two attached hydrogens (primary N) is 1. The molecule has 66 valence electrons. The Hall–Kier alpha value is 0.270. The van der Waals surface area contributed by atoms with Crippen LogP contribution in [0.1, 0.15) is 6.42 Å². The molecule has 2 atom stereocenters. The summed E-state index contributed by atoms with van der Waals surface area (Å²) in [5.41, 5.74) is 5.65. The van der Waals surface area contributed by atoms with Crippen LogP contribution in [0, 0.1) is 11.8 Å². The van der Waals surface area contributed by atoms with Crippen molar-refractivity contribution in [1.82, 2.24) is 0 Å². The van der Waals surface area contributed by atoms with Gasteiger partial charge in [0.2, 0.25) is 0 Å². The van der Waals surface area contributed by atoms with Crippen molar-refractivity contribution in [1.29, 1.82) is 0 Å². The Labute approximate surface area is 72.9 Å². The molecule has 2 nitrogen and oxygen atoms in total. The van der Waals surface area contributed by atoms with Gasteiger partial charge in [0.15, 0.2) is 0 Å². The van der Waals surface area contributed by atoms with Crippen molar-refractivity contribution in [3.63, 3.8) is 0 Å². The van der Waals surface area contributed by atoms with E-state index >= 15 is 0 Å². The summed E-state index contributed by atoms with van der Waals surface area (Å²) in [6.45, 7) is 1.61. The van der Waals surface area contributed by atoms with E-state index in [1.54, 1.807) is 7.11 Å². The summed E-state index contributed by atoms with van der Waals surface area (Å²) >= 11 is 2.04. The van der Waals surface area contributed by atoms with Crippen molar-refractivity contribution >= 4 is 11.8 Å². The van der Waals surface area contributed by atoms with E-state index < -0.39 is 0 Å². The fourth-order valence-corrected chi connectivity index (χ4v) is 2.91. The second-order valence-corrected chi connectivity index (χ2v) is 4.22. The average Bonchev–Trinajstić information content (AvgIpc) is 2.52. The lowest BCUT2D eigenvalue weighted by Crippen LogP contribution is -2.27. The molecule has 3 heteroatoms. The second-order valence-electron chi connectivity index (χ2n) is 3.07. The third kappa shape index (κ3) is 2.65. The summed E-state index contributed by atoms with van der Waals surface area (Å²) in [5.74, 6) is 4.00. The maximum absolute atomic E-state index is 5.65. The summed E-state index contributed by atoms with van der Waals surface area (Å²) in [6.07, 6.45) is 1.33. The Balaban J connectivity index is 2.27. The number of methoxy groups -OCH3 is 1. The van der Waals surface area contributed by atoms with E-state index in [0.29, 0.717) is 5.92 Å². The van der Waals surface area contributed by atoms with Crippen LogP contribution in [-0.2, 0) is 4.74 Å². The molecule has 0 amide bonds. The minimum Gasteiger partial charge on any atom is -0.384 e. The average molecular weight is 175 g/mol. The van der Waals surface area contributed by atoms with Gasteiger partial charge in [0.25, 0.3) is 0 Å². The Kier molecular flexibility index (Phi) is 4.26. The molecular weight excluding hydrogens is 158 g/mol. The van der Waals surface area contributed by atoms with Gasteiger partial charge in [-0.15, -0.1) is 0 Å². The summed E-state index contributed by atoms with van der Waals surface area (Å²) < 4.78 is 5.12. The minimum atomic E-state index is 0.593. The van der Waals surface area contributed by atoms with Crippen LogP contribution >= 0.6 is 11.8 Å². The van der Waals surface area contributed by atoms with E-state index in [-0.39, 0.29) is 0 Å². The normalized spacial score (nSPS) is 27.3. The van der Waals surface area contributed by atoms with E-state index in [9.17, 15) is 0 Å². The first kappa shape index (κ1) is 9.36. The Morgan fingerprint density at radius 1 is 1.73 bits per heavy atom. The number of thioether (sulfide) groups is 1. The largest absolute Gasteiger partial charge is 0.384 e. The summed E-state index contributed by atoms with van der Waals surface area (Å²) in [6, 6.07) is 0. The molecule has 0 aromatic rings. The Morgan fingerprint density at radius 2 is 2.55 bits per heavy atom. The molecule has 1 aliphatic heterocycles. The quantitative estimate of drug-likeness (QED) is 0.691. The van der Waals surface area contributed by atoms with Crippen molar-refractivity contribution in [2.24, 2.45) is 17.6 Å². The van der Waals surface area contributed by atoms with Crippen LogP contribution in [0.2, 0.25) is 0 Å². The van der Waals surface area contributed by atoms with Gasteiger partial charge in [-0.1, -0.05) is 0 Å². The second kappa shape index (κ2) is 5.01. The monoisotopic (exact) mass is 175 g/mol. The Morgan fingerprint density at radius 3 is 3.00 bits per heavy atom. The van der Waals surface area contributed by atoms with Crippen LogP contribution in [0.25, 0.3) is 0 Å². The van der Waals surface area contributed by atoms with Crippen molar-refractivity contribution < 1.29 is 4.74 Å². The van der Waals surface area contributed by atoms with Gasteiger partial charge in [0.1, 0.15) is 0 Å². The first-order chi connectivity index (χ1) is 5.38. The van der Waals surface area contributed by atoms with Crippen molar-refractivity contribution in [2.45, 2.75) is 6.42 Å². The fourth-order valence-electron chi connectivity index (χ4n) is 1.54. The lowest BCUT2D eigenvalue weighted by Gasteiger charge is -2.19. The topological polar surface area (TPSA) is 35.2 Å². The molecule has 0 spiro atoms. The highest BCUT2D eigenvalue weighted by Crippen LogP contribution is 2.29. The highest BCUT2D eigenvalue weighted by molar-refractivity contribution is 7.99. The summed E-state index contributed by atoms with van der Waals surface area (Å²) in [4.78, 5) is 0. The van der Waals surface area contributed by atoms with E-state index in [1.807, 2.05) is 11.8 Å². The lowest BCUT2D eigenvalue weighted by atomic mass is 9.93. The van der Waals surface area contributed by atoms with Crippen LogP contribution in [0.5, 0.6) is 0 Å². The molecule has 1 saturated heterocycles. The predicted octanol–water partition coefficient (Wildman–Crippen LogP) is 0.961. The van der Waals surface area contributed by atoms with E-state index in [1.165, 1.54) is 17.9 Å². The number of ether oxygens (including phenoxy) is 1. The molecule has 0 aromatic heterocycles. The molecular formula is C8H17NOS. The van der Waals surface area contributed by atoms with Crippen molar-refractivity contribution in [2.75, 3.05) is 31.8 Å². The van der Waals surface area contributed by atoms with E-state index in [4.69, 9.17) is 10.5 Å². The standard InChI is InChI=1S/C8H17NOS/c1-10-5-8(4-9)7-2-3-11-6-7/h7-8H,2-6,9H2,1H3. The maximum Gasteiger partial charge on any atom is 0.0505 e. The summed E-state index contributed by atoms with van der Waals surface area (Å²) in [7, 11) is 1.75. The molecule has 1 heterocycles. The van der Waals surface area contributed by atoms with Crippen molar-refractivity contribution in [3.05, 3.63) is 0 Å². The first-order valence-electron chi connectivity index (χ1n) is 4.15. The highest BCUT2D eigenvalue weighted by atomic mass is 32.2. The van der Waals surface area contributed by atoms with Gasteiger partial charge in [-0.2, -0.15) is 11.8 Å². The molecule has 0 bridgehead atoms. The number of hydrogen-bond acceptors (Lipinski definition) is 3. The van der Waals surface area contributed by atoms with Crippen LogP contribution in [-0.4, -0.2) is 31.8 Å². The zero-order valence-corrected chi connectivity index (χ0v) is 7.90. The lowest BCUT2D eigenvalue weighted by molar-refractivity contribution is 0.130. The number of rotatable bonds is 4. The molecule has 1 rings (SSSR count). The minimum absolute atomic E-state index is 0.593. The third-order valence-electron chi connectivity index (χ3n) is 2.32. The molecule has 0 aliphatic carbocycles. The Bertz CT molecular complexity index is 104. The van der Waals surface area contributed by atoms with Crippen molar-refractivity contribution in [3.8, 4) is 0 Å². The molecule has 11 heavy (non-hydrogen) atoms. The van der Waals surface area contributed by atoms with Gasteiger partial charge in [-0.3, -0.25) is 0 Å². The van der Waals surface area contributed by atoms with Crippen LogP contribution in [0.3, 0.4) is 0 Å². The SMILES string of the molecule is COCC(CN)C1CCSC1. The van der Waals surface area contributed by atoms with Crippen LogP contribution in [0.15, 0.2) is 0 Å². The molecule has 0 aromatic carbocycles. The zero-order chi connectivity index (χ0) is 8.10. The van der Waals surface area contributed by atoms with E-state index in [2.05, 4.69) is 0 Å². The van der Waals surface area contributed by atoms with Gasteiger partial charge in [0.05, 0.1) is 6.61 Å². The van der Waals surface area contributed by atoms with Gasteiger partial charge in [-0.05, 0) is 36.3 Å². The molecule has 2 unspecified atom stereocenters. The maximum atomic E-state index is 5.65. The van der Waals surface area contributed by atoms with E-state index in [0.717, 1.165) is 19.1 Å². The van der Waals surface area contributed by atoms with Gasteiger partial charge < -0.3 is 10.5 Å². The summed E-state index contributed by atoms with van der Waals surface area (Å²) in [5, 5.41) is 0. The van der Waals surface area contributed by atoms with Gasteiger partial charge >= 0.3 is 0 Å². The fraction of sp³-hybridized carbons (Fsp3) is 1.00. The third-order valence-corrected chi connectivity index (χ3v) is 3.50. The van der Waals surface area contributed by atoms with Gasteiger partial charge in [0, 0.05) is 7.11 Å². The van der Waals surface area contributed by atoms with Crippen LogP contribution in [0.4, 0.5) is 0 Å². The molecule has 1 aliphatic rings. The highest BCUT2D eigenvalue weighted by Gasteiger charge is 2.23. The molecule has 2 N–H and O–H groups in total. The van der Waals surface area contributed by atoms with Gasteiger partial charge in [-0.25, -0.2) is 0 Å². The molecule has 0 radical (unpaired) electrons. The first-order valence-corrected chi connectivity index (χ1v) is 5.30. The molecule has 1 fully saturated rings. The number of hydrogen-bond donors (Lipinski definition) is 1. The zero-order valence-electron chi connectivity index (χ0n) is 7.08. The molecule has 0 saturated carbocycles. The van der Waals surface area contributed by atoms with Crippen LogP contribution < -0.4 is 5.73 Å².